The van der Waals surface area contributed by atoms with Crippen LogP contribution in [0.3, 0.4) is 0 Å². The van der Waals surface area contributed by atoms with Gasteiger partial charge in [0.1, 0.15) is 5.75 Å². The van der Waals surface area contributed by atoms with Crippen LogP contribution in [-0.2, 0) is 0 Å². The Bertz CT molecular complexity index is 596. The van der Waals surface area contributed by atoms with Gasteiger partial charge in [0.05, 0.1) is 5.69 Å². The molecule has 0 spiro atoms. The fraction of sp³-hybridized carbons (Fsp3) is 0.182. The Morgan fingerprint density at radius 2 is 1.83 bits per heavy atom. The predicted octanol–water partition coefficient (Wildman–Crippen LogP) is 2.37. The summed E-state index contributed by atoms with van der Waals surface area (Å²) >= 11 is 0. The van der Waals surface area contributed by atoms with Crippen molar-refractivity contribution in [2.75, 3.05) is 0 Å². The molecule has 18 heavy (non-hydrogen) atoms. The second-order valence-corrected chi connectivity index (χ2v) is 3.64. The molecule has 4 nitrogen and oxygen atoms in total. The first-order valence-electron chi connectivity index (χ1n) is 5.00. The first-order valence-corrected chi connectivity index (χ1v) is 5.00. The molecule has 0 radical (unpaired) electrons. The maximum atomic E-state index is 12.0. The van der Waals surface area contributed by atoms with E-state index < -0.39 is 6.36 Å². The molecule has 1 aromatic carbocycles. The van der Waals surface area contributed by atoms with E-state index in [2.05, 4.69) is 9.84 Å². The Hall–Kier alpha value is -2.18. The molecule has 0 aliphatic rings. The number of halogens is 3. The van der Waals surface area contributed by atoms with Crippen LogP contribution in [0.5, 0.6) is 5.75 Å². The van der Waals surface area contributed by atoms with Crippen molar-refractivity contribution in [3.05, 3.63) is 46.4 Å². The van der Waals surface area contributed by atoms with Gasteiger partial charge in [-0.05, 0) is 31.2 Å². The molecule has 0 fully saturated rings. The van der Waals surface area contributed by atoms with Crippen molar-refractivity contribution in [2.45, 2.75) is 13.3 Å². The van der Waals surface area contributed by atoms with E-state index in [0.717, 1.165) is 0 Å². The molecule has 0 atom stereocenters. The molecular formula is C11H9F3N2O2. The molecule has 2 aromatic rings. The molecule has 0 aliphatic carbocycles. The van der Waals surface area contributed by atoms with Crippen LogP contribution in [0.4, 0.5) is 13.2 Å². The lowest BCUT2D eigenvalue weighted by molar-refractivity contribution is -0.274. The Balaban J connectivity index is 2.28. The highest BCUT2D eigenvalue weighted by atomic mass is 19.4. The minimum Gasteiger partial charge on any atom is -0.406 e. The van der Waals surface area contributed by atoms with Crippen LogP contribution < -0.4 is 10.3 Å². The van der Waals surface area contributed by atoms with E-state index in [-0.39, 0.29) is 11.3 Å². The van der Waals surface area contributed by atoms with Gasteiger partial charge in [-0.25, -0.2) is 0 Å². The van der Waals surface area contributed by atoms with Gasteiger partial charge in [-0.15, -0.1) is 13.2 Å². The molecule has 1 heterocycles. The van der Waals surface area contributed by atoms with E-state index in [0.29, 0.717) is 11.4 Å². The van der Waals surface area contributed by atoms with Gasteiger partial charge >= 0.3 is 6.36 Å². The van der Waals surface area contributed by atoms with Gasteiger partial charge in [0, 0.05) is 11.8 Å². The molecule has 0 bridgehead atoms. The van der Waals surface area contributed by atoms with Crippen molar-refractivity contribution in [1.82, 2.24) is 9.78 Å². The smallest absolute Gasteiger partial charge is 0.406 e. The van der Waals surface area contributed by atoms with Crippen LogP contribution >= 0.6 is 0 Å². The van der Waals surface area contributed by atoms with Crippen molar-refractivity contribution >= 4 is 0 Å². The van der Waals surface area contributed by atoms with Gasteiger partial charge in [0.15, 0.2) is 0 Å². The zero-order valence-electron chi connectivity index (χ0n) is 9.28. The lowest BCUT2D eigenvalue weighted by Crippen LogP contribution is -2.17. The molecule has 2 rings (SSSR count). The number of aromatic amines is 1. The number of H-pyrrole nitrogens is 1. The zero-order chi connectivity index (χ0) is 13.3. The number of nitrogens with one attached hydrogen (secondary N) is 1. The minimum absolute atomic E-state index is 0.275. The number of hydrogen-bond acceptors (Lipinski definition) is 2. The number of ether oxygens (including phenoxy) is 1. The monoisotopic (exact) mass is 258 g/mol. The number of benzene rings is 1. The molecule has 7 heteroatoms. The number of alkyl halides is 3. The normalized spacial score (nSPS) is 11.6. The van der Waals surface area contributed by atoms with Crippen LogP contribution in [-0.4, -0.2) is 16.1 Å². The summed E-state index contributed by atoms with van der Waals surface area (Å²) in [7, 11) is 0. The van der Waals surface area contributed by atoms with Crippen LogP contribution in [0.2, 0.25) is 0 Å². The molecular weight excluding hydrogens is 249 g/mol. The van der Waals surface area contributed by atoms with Crippen LogP contribution in [0.25, 0.3) is 5.69 Å². The van der Waals surface area contributed by atoms with Crippen molar-refractivity contribution in [1.29, 1.82) is 0 Å². The van der Waals surface area contributed by atoms with E-state index >= 15 is 0 Å². The largest absolute Gasteiger partial charge is 0.573 e. The average Bonchev–Trinajstić information content (AvgIpc) is 2.57. The third-order valence-electron chi connectivity index (χ3n) is 2.24. The van der Waals surface area contributed by atoms with Gasteiger partial charge in [-0.3, -0.25) is 14.6 Å². The quantitative estimate of drug-likeness (QED) is 0.898. The summed E-state index contributed by atoms with van der Waals surface area (Å²) in [6, 6.07) is 6.59. The van der Waals surface area contributed by atoms with Crippen molar-refractivity contribution in [3.8, 4) is 11.4 Å². The first-order chi connectivity index (χ1) is 8.35. The van der Waals surface area contributed by atoms with Gasteiger partial charge in [0.2, 0.25) is 0 Å². The average molecular weight is 258 g/mol. The third kappa shape index (κ3) is 2.73. The van der Waals surface area contributed by atoms with Gasteiger partial charge in [0.25, 0.3) is 5.56 Å². The summed E-state index contributed by atoms with van der Waals surface area (Å²) in [6.07, 6.45) is -4.71. The second-order valence-electron chi connectivity index (χ2n) is 3.64. The highest BCUT2D eigenvalue weighted by molar-refractivity contribution is 5.37. The van der Waals surface area contributed by atoms with Crippen molar-refractivity contribution < 1.29 is 17.9 Å². The van der Waals surface area contributed by atoms with Gasteiger partial charge in [-0.1, -0.05) is 0 Å². The molecule has 0 aliphatic heterocycles. The highest BCUT2D eigenvalue weighted by Gasteiger charge is 2.30. The third-order valence-corrected chi connectivity index (χ3v) is 2.24. The number of hydrogen-bond donors (Lipinski definition) is 1. The number of aromatic nitrogens is 2. The fourth-order valence-corrected chi connectivity index (χ4v) is 1.55. The summed E-state index contributed by atoms with van der Waals surface area (Å²) in [5.74, 6) is -0.307. The minimum atomic E-state index is -4.71. The molecule has 96 valence electrons. The summed E-state index contributed by atoms with van der Waals surface area (Å²) in [4.78, 5) is 11.1. The van der Waals surface area contributed by atoms with E-state index in [1.165, 1.54) is 35.0 Å². The fourth-order valence-electron chi connectivity index (χ4n) is 1.55. The van der Waals surface area contributed by atoms with Crippen LogP contribution in [0.15, 0.2) is 35.1 Å². The number of nitrogens with zero attached hydrogens (tertiary/aromatic N) is 1. The lowest BCUT2D eigenvalue weighted by atomic mass is 10.3. The Labute approximate surface area is 99.6 Å². The predicted molar refractivity (Wildman–Crippen MR) is 57.8 cm³/mol. The molecule has 0 saturated carbocycles. The zero-order valence-corrected chi connectivity index (χ0v) is 9.28. The molecule has 1 N–H and O–H groups in total. The summed E-state index contributed by atoms with van der Waals surface area (Å²) < 4.78 is 41.1. The molecule has 0 saturated heterocycles. The standard InChI is InChI=1S/C11H9F3N2O2/c1-7-6-10(17)15-16(7)8-2-4-9(5-3-8)18-11(12,13)14/h2-6H,1H3,(H,15,17). The molecule has 0 amide bonds. The summed E-state index contributed by atoms with van der Waals surface area (Å²) in [5, 5.41) is 2.53. The lowest BCUT2D eigenvalue weighted by Gasteiger charge is -2.10. The van der Waals surface area contributed by atoms with Gasteiger partial charge in [-0.2, -0.15) is 0 Å². The van der Waals surface area contributed by atoms with Crippen molar-refractivity contribution in [2.24, 2.45) is 0 Å². The maximum Gasteiger partial charge on any atom is 0.573 e. The number of rotatable bonds is 2. The Kier molecular flexibility index (Phi) is 2.90. The topological polar surface area (TPSA) is 47.0 Å². The first kappa shape index (κ1) is 12.3. The van der Waals surface area contributed by atoms with Crippen molar-refractivity contribution in [3.63, 3.8) is 0 Å². The van der Waals surface area contributed by atoms with Crippen LogP contribution in [0.1, 0.15) is 5.69 Å². The summed E-state index contributed by atoms with van der Waals surface area (Å²) in [5.41, 5.74) is 0.928. The Morgan fingerprint density at radius 3 is 2.28 bits per heavy atom. The van der Waals surface area contributed by atoms with E-state index in [4.69, 9.17) is 0 Å². The summed E-state index contributed by atoms with van der Waals surface area (Å²) in [6.45, 7) is 1.71. The SMILES string of the molecule is Cc1cc(=O)[nH]n1-c1ccc(OC(F)(F)F)cc1. The van der Waals surface area contributed by atoms with Gasteiger partial charge < -0.3 is 4.74 Å². The number of aryl methyl sites for hydroxylation is 1. The van der Waals surface area contributed by atoms with E-state index in [9.17, 15) is 18.0 Å². The van der Waals surface area contributed by atoms with E-state index in [1.807, 2.05) is 0 Å². The molecule has 0 unspecified atom stereocenters. The Morgan fingerprint density at radius 1 is 1.22 bits per heavy atom. The highest BCUT2D eigenvalue weighted by Crippen LogP contribution is 2.23. The maximum absolute atomic E-state index is 12.0. The van der Waals surface area contributed by atoms with Crippen LogP contribution in [0, 0.1) is 6.92 Å². The molecule has 1 aromatic heterocycles. The van der Waals surface area contributed by atoms with E-state index in [1.54, 1.807) is 6.92 Å². The second kappa shape index (κ2) is 4.25.